The van der Waals surface area contributed by atoms with Gasteiger partial charge in [0.25, 0.3) is 0 Å². The lowest BCUT2D eigenvalue weighted by Gasteiger charge is -2.20. The van der Waals surface area contributed by atoms with E-state index in [1.807, 2.05) is 24.4 Å². The molecule has 0 saturated carbocycles. The average molecular weight is 367 g/mol. The number of amides is 1. The third-order valence-corrected chi connectivity index (χ3v) is 5.05. The summed E-state index contributed by atoms with van der Waals surface area (Å²) in [6, 6.07) is 7.38. The van der Waals surface area contributed by atoms with E-state index >= 15 is 0 Å². The van der Waals surface area contributed by atoms with E-state index in [-0.39, 0.29) is 12.5 Å². The van der Waals surface area contributed by atoms with Gasteiger partial charge in [0.1, 0.15) is 6.54 Å². The zero-order chi connectivity index (χ0) is 16.9. The number of hydrogen-bond acceptors (Lipinski definition) is 3. The van der Waals surface area contributed by atoms with Gasteiger partial charge < -0.3 is 10.6 Å². The minimum Gasteiger partial charge on any atom is -0.350 e. The molecule has 1 saturated heterocycles. The van der Waals surface area contributed by atoms with Crippen molar-refractivity contribution in [1.29, 1.82) is 0 Å². The molecule has 24 heavy (non-hydrogen) atoms. The third-order valence-electron chi connectivity index (χ3n) is 4.19. The van der Waals surface area contributed by atoms with Crippen LogP contribution < -0.4 is 10.6 Å². The largest absolute Gasteiger partial charge is 0.350 e. The molecule has 0 spiro atoms. The lowest BCUT2D eigenvalue weighted by atomic mass is 9.97. The highest BCUT2D eigenvalue weighted by atomic mass is 35.5. The van der Waals surface area contributed by atoms with Gasteiger partial charge in [-0.15, -0.1) is 0 Å². The smallest absolute Gasteiger partial charge is 0.241 e. The van der Waals surface area contributed by atoms with Gasteiger partial charge in [0, 0.05) is 25.2 Å². The van der Waals surface area contributed by atoms with Crippen molar-refractivity contribution in [3.8, 4) is 0 Å². The number of piperidine rings is 1. The van der Waals surface area contributed by atoms with Crippen molar-refractivity contribution in [1.82, 2.24) is 20.4 Å². The Balaban J connectivity index is 1.53. The van der Waals surface area contributed by atoms with Gasteiger partial charge in [0.2, 0.25) is 5.91 Å². The Morgan fingerprint density at radius 2 is 2.25 bits per heavy atom. The molecule has 1 aromatic heterocycles. The summed E-state index contributed by atoms with van der Waals surface area (Å²) in [5, 5.41) is 11.7. The topological polar surface area (TPSA) is 59.0 Å². The van der Waals surface area contributed by atoms with E-state index in [1.165, 1.54) is 6.42 Å². The molecular formula is C17H20Cl2N4O. The molecule has 0 bridgehead atoms. The van der Waals surface area contributed by atoms with Crippen LogP contribution in [0.3, 0.4) is 0 Å². The number of nitrogens with zero attached hydrogens (tertiary/aromatic N) is 2. The molecule has 1 aliphatic heterocycles. The van der Waals surface area contributed by atoms with Crippen LogP contribution in [0.4, 0.5) is 0 Å². The van der Waals surface area contributed by atoms with Gasteiger partial charge in [0.05, 0.1) is 15.7 Å². The maximum atomic E-state index is 12.1. The Bertz CT molecular complexity index is 710. The van der Waals surface area contributed by atoms with Gasteiger partial charge in [-0.05, 0) is 37.1 Å². The van der Waals surface area contributed by atoms with Gasteiger partial charge in [-0.1, -0.05) is 35.3 Å². The predicted molar refractivity (Wildman–Crippen MR) is 95.4 cm³/mol. The third kappa shape index (κ3) is 4.29. The molecule has 2 heterocycles. The fourth-order valence-electron chi connectivity index (χ4n) is 2.87. The first kappa shape index (κ1) is 17.3. The van der Waals surface area contributed by atoms with Gasteiger partial charge in [-0.25, -0.2) is 0 Å². The summed E-state index contributed by atoms with van der Waals surface area (Å²) in [5.74, 6) is 0.329. The van der Waals surface area contributed by atoms with Crippen molar-refractivity contribution in [2.45, 2.75) is 31.8 Å². The number of rotatable bonds is 5. The monoisotopic (exact) mass is 366 g/mol. The Labute approximate surface area is 151 Å². The van der Waals surface area contributed by atoms with Crippen LogP contribution in [0, 0.1) is 0 Å². The highest BCUT2D eigenvalue weighted by molar-refractivity contribution is 6.42. The Kier molecular flexibility index (Phi) is 5.76. The predicted octanol–water partition coefficient (Wildman–Crippen LogP) is 2.97. The van der Waals surface area contributed by atoms with Crippen LogP contribution in [0.1, 0.15) is 30.0 Å². The highest BCUT2D eigenvalue weighted by Gasteiger charge is 2.17. The van der Waals surface area contributed by atoms with E-state index < -0.39 is 0 Å². The van der Waals surface area contributed by atoms with Gasteiger partial charge in [-0.3, -0.25) is 9.48 Å². The SMILES string of the molecule is O=C(Cn1ccc([C@@H]2CCCNC2)n1)NCc1cccc(Cl)c1Cl. The molecule has 5 nitrogen and oxygen atoms in total. The summed E-state index contributed by atoms with van der Waals surface area (Å²) >= 11 is 12.1. The zero-order valence-corrected chi connectivity index (χ0v) is 14.8. The maximum Gasteiger partial charge on any atom is 0.241 e. The fourth-order valence-corrected chi connectivity index (χ4v) is 3.26. The summed E-state index contributed by atoms with van der Waals surface area (Å²) in [4.78, 5) is 12.1. The zero-order valence-electron chi connectivity index (χ0n) is 13.3. The summed E-state index contributed by atoms with van der Waals surface area (Å²) in [5.41, 5.74) is 1.85. The highest BCUT2D eigenvalue weighted by Crippen LogP contribution is 2.25. The van der Waals surface area contributed by atoms with Gasteiger partial charge in [-0.2, -0.15) is 5.10 Å². The molecule has 2 aromatic rings. The number of carbonyl (C=O) groups excluding carboxylic acids is 1. The molecule has 1 aromatic carbocycles. The van der Waals surface area contributed by atoms with Crippen molar-refractivity contribution in [2.75, 3.05) is 13.1 Å². The van der Waals surface area contributed by atoms with E-state index in [9.17, 15) is 4.79 Å². The molecule has 0 unspecified atom stereocenters. The molecule has 3 rings (SSSR count). The van der Waals surface area contributed by atoms with Crippen molar-refractivity contribution < 1.29 is 4.79 Å². The van der Waals surface area contributed by atoms with Crippen LogP contribution in [0.15, 0.2) is 30.5 Å². The fraction of sp³-hybridized carbons (Fsp3) is 0.412. The van der Waals surface area contributed by atoms with E-state index in [4.69, 9.17) is 23.2 Å². The molecule has 0 aliphatic carbocycles. The molecule has 1 fully saturated rings. The lowest BCUT2D eigenvalue weighted by Crippen LogP contribution is -2.29. The molecule has 7 heteroatoms. The van der Waals surface area contributed by atoms with Crippen LogP contribution in [0.5, 0.6) is 0 Å². The van der Waals surface area contributed by atoms with Crippen molar-refractivity contribution in [2.24, 2.45) is 0 Å². The second kappa shape index (κ2) is 8.01. The van der Waals surface area contributed by atoms with Crippen LogP contribution in [0.2, 0.25) is 10.0 Å². The van der Waals surface area contributed by atoms with E-state index in [0.717, 1.165) is 30.8 Å². The van der Waals surface area contributed by atoms with E-state index in [2.05, 4.69) is 15.7 Å². The normalized spacial score (nSPS) is 17.7. The Morgan fingerprint density at radius 1 is 1.38 bits per heavy atom. The quantitative estimate of drug-likeness (QED) is 0.854. The van der Waals surface area contributed by atoms with Crippen LogP contribution in [0.25, 0.3) is 0 Å². The second-order valence-electron chi connectivity index (χ2n) is 5.97. The molecule has 128 valence electrons. The number of halogens is 2. The number of aromatic nitrogens is 2. The van der Waals surface area contributed by atoms with Crippen LogP contribution in [-0.2, 0) is 17.9 Å². The average Bonchev–Trinajstić information content (AvgIpc) is 3.05. The summed E-state index contributed by atoms with van der Waals surface area (Å²) in [7, 11) is 0. The minimum atomic E-state index is -0.109. The molecular weight excluding hydrogens is 347 g/mol. The number of nitrogens with one attached hydrogen (secondary N) is 2. The van der Waals surface area contributed by atoms with Crippen molar-refractivity contribution in [3.63, 3.8) is 0 Å². The van der Waals surface area contributed by atoms with E-state index in [0.29, 0.717) is 22.5 Å². The van der Waals surface area contributed by atoms with Crippen molar-refractivity contribution in [3.05, 3.63) is 51.8 Å². The number of benzene rings is 1. The first-order valence-corrected chi connectivity index (χ1v) is 8.83. The molecule has 0 radical (unpaired) electrons. The standard InChI is InChI=1S/C17H20Cl2N4O/c18-14-5-1-3-13(17(14)19)10-21-16(24)11-23-8-6-15(22-23)12-4-2-7-20-9-12/h1,3,5-6,8,12,20H,2,4,7,9-11H2,(H,21,24)/t12-/m1/s1. The maximum absolute atomic E-state index is 12.1. The summed E-state index contributed by atoms with van der Waals surface area (Å²) < 4.78 is 1.68. The molecule has 1 aliphatic rings. The first-order valence-electron chi connectivity index (χ1n) is 8.07. The molecule has 2 N–H and O–H groups in total. The van der Waals surface area contributed by atoms with Gasteiger partial charge >= 0.3 is 0 Å². The van der Waals surface area contributed by atoms with Crippen LogP contribution in [-0.4, -0.2) is 28.8 Å². The van der Waals surface area contributed by atoms with Crippen molar-refractivity contribution >= 4 is 29.1 Å². The number of carbonyl (C=O) groups is 1. The number of hydrogen-bond donors (Lipinski definition) is 2. The first-order chi connectivity index (χ1) is 11.6. The summed E-state index contributed by atoms with van der Waals surface area (Å²) in [6.45, 7) is 2.57. The minimum absolute atomic E-state index is 0.109. The molecule has 1 atom stereocenters. The summed E-state index contributed by atoms with van der Waals surface area (Å²) in [6.07, 6.45) is 4.16. The Morgan fingerprint density at radius 3 is 3.04 bits per heavy atom. The van der Waals surface area contributed by atoms with Gasteiger partial charge in [0.15, 0.2) is 0 Å². The van der Waals surface area contributed by atoms with E-state index in [1.54, 1.807) is 10.7 Å². The Hall–Kier alpha value is -1.56. The van der Waals surface area contributed by atoms with Crippen LogP contribution >= 0.6 is 23.2 Å². The second-order valence-corrected chi connectivity index (χ2v) is 6.76. The molecule has 1 amide bonds. The lowest BCUT2D eigenvalue weighted by molar-refractivity contribution is -0.122.